The maximum absolute atomic E-state index is 11.1. The molecule has 0 aromatic heterocycles. The SMILES string of the molecule is CCOC(=O)C=Cc1c(Cl)ccc(Cl)c1Cl. The lowest BCUT2D eigenvalue weighted by atomic mass is 10.2. The van der Waals surface area contributed by atoms with E-state index in [1.165, 1.54) is 12.2 Å². The third-order valence-electron chi connectivity index (χ3n) is 1.75. The first-order valence-corrected chi connectivity index (χ1v) is 5.68. The van der Waals surface area contributed by atoms with E-state index in [4.69, 9.17) is 39.5 Å². The molecule has 1 aromatic carbocycles. The Balaban J connectivity index is 2.97. The van der Waals surface area contributed by atoms with Crippen molar-refractivity contribution in [1.82, 2.24) is 0 Å². The van der Waals surface area contributed by atoms with E-state index in [2.05, 4.69) is 0 Å². The Morgan fingerprint density at radius 2 is 1.94 bits per heavy atom. The van der Waals surface area contributed by atoms with Gasteiger partial charge in [0.05, 0.1) is 16.7 Å². The van der Waals surface area contributed by atoms with Crippen LogP contribution in [0.25, 0.3) is 6.08 Å². The third kappa shape index (κ3) is 3.41. The van der Waals surface area contributed by atoms with E-state index < -0.39 is 5.97 Å². The lowest BCUT2D eigenvalue weighted by Crippen LogP contribution is -1.98. The number of esters is 1. The number of hydrogen-bond donors (Lipinski definition) is 0. The fourth-order valence-electron chi connectivity index (χ4n) is 1.04. The molecule has 0 aliphatic rings. The number of rotatable bonds is 3. The summed E-state index contributed by atoms with van der Waals surface area (Å²) in [6.07, 6.45) is 2.74. The summed E-state index contributed by atoms with van der Waals surface area (Å²) in [5.74, 6) is -0.449. The summed E-state index contributed by atoms with van der Waals surface area (Å²) in [4.78, 5) is 11.1. The summed E-state index contributed by atoms with van der Waals surface area (Å²) in [6.45, 7) is 2.05. The molecule has 0 radical (unpaired) electrons. The minimum Gasteiger partial charge on any atom is -0.463 e. The molecule has 2 nitrogen and oxygen atoms in total. The average molecular weight is 280 g/mol. The second-order valence-electron chi connectivity index (χ2n) is 2.84. The molecule has 0 saturated heterocycles. The van der Waals surface area contributed by atoms with Crippen molar-refractivity contribution in [2.75, 3.05) is 6.61 Å². The van der Waals surface area contributed by atoms with Crippen LogP contribution in [0.15, 0.2) is 18.2 Å². The van der Waals surface area contributed by atoms with Gasteiger partial charge in [-0.15, -0.1) is 0 Å². The molecule has 0 bridgehead atoms. The number of halogens is 3. The quantitative estimate of drug-likeness (QED) is 0.470. The van der Waals surface area contributed by atoms with E-state index in [1.54, 1.807) is 19.1 Å². The molecule has 0 fully saturated rings. The fourth-order valence-corrected chi connectivity index (χ4v) is 1.70. The van der Waals surface area contributed by atoms with Gasteiger partial charge in [0, 0.05) is 16.7 Å². The predicted molar refractivity (Wildman–Crippen MR) is 67.1 cm³/mol. The van der Waals surface area contributed by atoms with Gasteiger partial charge in [0.2, 0.25) is 0 Å². The van der Waals surface area contributed by atoms with Crippen molar-refractivity contribution in [3.63, 3.8) is 0 Å². The third-order valence-corrected chi connectivity index (χ3v) is 2.90. The molecular weight excluding hydrogens is 270 g/mol. The maximum atomic E-state index is 11.1. The number of carbonyl (C=O) groups excluding carboxylic acids is 1. The van der Waals surface area contributed by atoms with Crippen LogP contribution in [0.1, 0.15) is 12.5 Å². The molecule has 0 aliphatic heterocycles. The molecule has 0 N–H and O–H groups in total. The Morgan fingerprint density at radius 3 is 2.56 bits per heavy atom. The molecule has 0 unspecified atom stereocenters. The van der Waals surface area contributed by atoms with Crippen LogP contribution in [-0.2, 0) is 9.53 Å². The molecule has 86 valence electrons. The predicted octanol–water partition coefficient (Wildman–Crippen LogP) is 4.22. The van der Waals surface area contributed by atoms with Crippen molar-refractivity contribution < 1.29 is 9.53 Å². The lowest BCUT2D eigenvalue weighted by molar-refractivity contribution is -0.137. The van der Waals surface area contributed by atoms with Crippen molar-refractivity contribution in [3.8, 4) is 0 Å². The highest BCUT2D eigenvalue weighted by molar-refractivity contribution is 6.44. The summed E-state index contributed by atoms with van der Waals surface area (Å²) < 4.78 is 4.73. The largest absolute Gasteiger partial charge is 0.463 e. The van der Waals surface area contributed by atoms with Gasteiger partial charge in [0.25, 0.3) is 0 Å². The summed E-state index contributed by atoms with van der Waals surface area (Å²) in [6, 6.07) is 3.20. The van der Waals surface area contributed by atoms with E-state index >= 15 is 0 Å². The van der Waals surface area contributed by atoms with Crippen LogP contribution in [0.5, 0.6) is 0 Å². The summed E-state index contributed by atoms with van der Waals surface area (Å²) in [5, 5.41) is 1.12. The molecule has 5 heteroatoms. The van der Waals surface area contributed by atoms with Gasteiger partial charge in [-0.3, -0.25) is 0 Å². The van der Waals surface area contributed by atoms with E-state index in [-0.39, 0.29) is 0 Å². The second kappa shape index (κ2) is 6.14. The maximum Gasteiger partial charge on any atom is 0.330 e. The Bertz CT molecular complexity index is 427. The van der Waals surface area contributed by atoms with Crippen LogP contribution in [0, 0.1) is 0 Å². The van der Waals surface area contributed by atoms with Crippen molar-refractivity contribution >= 4 is 46.8 Å². The van der Waals surface area contributed by atoms with Gasteiger partial charge in [0.1, 0.15) is 0 Å². The highest BCUT2D eigenvalue weighted by Crippen LogP contribution is 2.32. The van der Waals surface area contributed by atoms with E-state index in [0.717, 1.165) is 0 Å². The fraction of sp³-hybridized carbons (Fsp3) is 0.182. The van der Waals surface area contributed by atoms with Crippen LogP contribution in [0.4, 0.5) is 0 Å². The lowest BCUT2D eigenvalue weighted by Gasteiger charge is -2.03. The highest BCUT2D eigenvalue weighted by Gasteiger charge is 2.07. The van der Waals surface area contributed by atoms with Gasteiger partial charge >= 0.3 is 5.97 Å². The molecule has 0 spiro atoms. The molecule has 1 aromatic rings. The van der Waals surface area contributed by atoms with Gasteiger partial charge in [0.15, 0.2) is 0 Å². The molecule has 0 atom stereocenters. The van der Waals surface area contributed by atoms with Crippen LogP contribution in [0.2, 0.25) is 15.1 Å². The van der Waals surface area contributed by atoms with Crippen molar-refractivity contribution in [2.45, 2.75) is 6.92 Å². The highest BCUT2D eigenvalue weighted by atomic mass is 35.5. The monoisotopic (exact) mass is 278 g/mol. The molecule has 0 heterocycles. The normalized spacial score (nSPS) is 10.8. The zero-order chi connectivity index (χ0) is 12.1. The zero-order valence-electron chi connectivity index (χ0n) is 8.47. The molecule has 0 saturated carbocycles. The molecule has 1 rings (SSSR count). The van der Waals surface area contributed by atoms with E-state index in [0.29, 0.717) is 27.2 Å². The average Bonchev–Trinajstić information content (AvgIpc) is 2.24. The van der Waals surface area contributed by atoms with E-state index in [9.17, 15) is 4.79 Å². The summed E-state index contributed by atoms with van der Waals surface area (Å²) in [5.41, 5.74) is 0.504. The minimum atomic E-state index is -0.449. The smallest absolute Gasteiger partial charge is 0.330 e. The van der Waals surface area contributed by atoms with Crippen LogP contribution < -0.4 is 0 Å². The Hall–Kier alpha value is -0.700. The first-order valence-electron chi connectivity index (χ1n) is 4.54. The summed E-state index contributed by atoms with van der Waals surface area (Å²) in [7, 11) is 0. The Kier molecular flexibility index (Phi) is 5.13. The Labute approximate surface area is 109 Å². The van der Waals surface area contributed by atoms with Gasteiger partial charge < -0.3 is 4.74 Å². The van der Waals surface area contributed by atoms with E-state index in [1.807, 2.05) is 0 Å². The van der Waals surface area contributed by atoms with Crippen LogP contribution in [0.3, 0.4) is 0 Å². The topological polar surface area (TPSA) is 26.3 Å². The molecular formula is C11H9Cl3O2. The molecule has 0 amide bonds. The van der Waals surface area contributed by atoms with Gasteiger partial charge in [-0.2, -0.15) is 0 Å². The first kappa shape index (κ1) is 13.4. The molecule has 16 heavy (non-hydrogen) atoms. The number of hydrogen-bond acceptors (Lipinski definition) is 2. The number of benzene rings is 1. The van der Waals surface area contributed by atoms with Crippen LogP contribution in [-0.4, -0.2) is 12.6 Å². The van der Waals surface area contributed by atoms with Crippen molar-refractivity contribution in [3.05, 3.63) is 38.8 Å². The standard InChI is InChI=1S/C11H9Cl3O2/c1-2-16-10(15)6-3-7-8(12)4-5-9(13)11(7)14/h3-6H,2H2,1H3. The first-order chi connectivity index (χ1) is 7.56. The Morgan fingerprint density at radius 1 is 1.31 bits per heavy atom. The second-order valence-corrected chi connectivity index (χ2v) is 4.03. The number of ether oxygens (including phenoxy) is 1. The van der Waals surface area contributed by atoms with Gasteiger partial charge in [-0.1, -0.05) is 34.8 Å². The zero-order valence-corrected chi connectivity index (χ0v) is 10.7. The molecule has 0 aliphatic carbocycles. The van der Waals surface area contributed by atoms with Crippen molar-refractivity contribution in [2.24, 2.45) is 0 Å². The summed E-state index contributed by atoms with van der Waals surface area (Å²) >= 11 is 17.7. The van der Waals surface area contributed by atoms with Crippen LogP contribution >= 0.6 is 34.8 Å². The van der Waals surface area contributed by atoms with Gasteiger partial charge in [-0.05, 0) is 25.1 Å². The van der Waals surface area contributed by atoms with Gasteiger partial charge in [-0.25, -0.2) is 4.79 Å². The number of carbonyl (C=O) groups is 1. The minimum absolute atomic E-state index is 0.315. The van der Waals surface area contributed by atoms with Crippen molar-refractivity contribution in [1.29, 1.82) is 0 Å².